The first kappa shape index (κ1) is 41.0. The van der Waals surface area contributed by atoms with Crippen molar-refractivity contribution in [2.75, 3.05) is 27.4 Å². The van der Waals surface area contributed by atoms with Gasteiger partial charge in [0.25, 0.3) is 0 Å². The van der Waals surface area contributed by atoms with E-state index in [4.69, 9.17) is 28.4 Å². The minimum Gasteiger partial charge on any atom is -0.497 e. The summed E-state index contributed by atoms with van der Waals surface area (Å²) in [7, 11) is 3.33. The van der Waals surface area contributed by atoms with Crippen LogP contribution in [0, 0.1) is 34.5 Å². The molecule has 0 aromatic heterocycles. The van der Waals surface area contributed by atoms with Gasteiger partial charge in [0.15, 0.2) is 12.6 Å². The van der Waals surface area contributed by atoms with Gasteiger partial charge in [-0.25, -0.2) is 0 Å². The van der Waals surface area contributed by atoms with Crippen LogP contribution in [0.25, 0.3) is 0 Å². The normalized spacial score (nSPS) is 46.9. The van der Waals surface area contributed by atoms with Crippen molar-refractivity contribution in [2.45, 2.75) is 139 Å². The van der Waals surface area contributed by atoms with Crippen LogP contribution in [0.15, 0.2) is 29.8 Å². The number of hydrogen-bond acceptors (Lipinski definition) is 14. The summed E-state index contributed by atoms with van der Waals surface area (Å²) in [6, 6.07) is 5.88. The van der Waals surface area contributed by atoms with E-state index < -0.39 is 74.6 Å². The van der Waals surface area contributed by atoms with Crippen molar-refractivity contribution in [3.63, 3.8) is 0 Å². The van der Waals surface area contributed by atoms with Crippen LogP contribution < -0.4 is 9.47 Å². The van der Waals surface area contributed by atoms with Gasteiger partial charge in [0.05, 0.1) is 33.5 Å². The quantitative estimate of drug-likeness (QED) is 0.168. The van der Waals surface area contributed by atoms with Gasteiger partial charge in [-0.2, -0.15) is 0 Å². The molecule has 308 valence electrons. The Morgan fingerprint density at radius 1 is 0.836 bits per heavy atom. The van der Waals surface area contributed by atoms with Crippen LogP contribution in [0.1, 0.15) is 77.2 Å². The topological polar surface area (TPSA) is 214 Å². The van der Waals surface area contributed by atoms with E-state index in [2.05, 4.69) is 19.9 Å². The van der Waals surface area contributed by atoms with Crippen molar-refractivity contribution < 1.29 is 69.0 Å². The third-order valence-electron chi connectivity index (χ3n) is 14.7. The molecule has 7 rings (SSSR count). The van der Waals surface area contributed by atoms with Crippen molar-refractivity contribution in [3.05, 3.63) is 35.4 Å². The van der Waals surface area contributed by atoms with Crippen LogP contribution in [0.3, 0.4) is 0 Å². The Balaban J connectivity index is 1.04. The zero-order valence-electron chi connectivity index (χ0n) is 32.4. The summed E-state index contributed by atoms with van der Waals surface area (Å²) in [6.07, 6.45) is -6.96. The van der Waals surface area contributed by atoms with Crippen LogP contribution in [0.5, 0.6) is 11.5 Å². The van der Waals surface area contributed by atoms with E-state index in [1.165, 1.54) is 5.57 Å². The molecule has 1 aromatic rings. The lowest BCUT2D eigenvalue weighted by Gasteiger charge is -2.58. The van der Waals surface area contributed by atoms with Crippen LogP contribution >= 0.6 is 0 Å². The molecule has 6 aliphatic rings. The lowest BCUT2D eigenvalue weighted by Crippen LogP contribution is -2.65. The first-order valence-electron chi connectivity index (χ1n) is 19.9. The first-order chi connectivity index (χ1) is 26.2. The summed E-state index contributed by atoms with van der Waals surface area (Å²) >= 11 is 0. The lowest BCUT2D eigenvalue weighted by atomic mass is 9.47. The van der Waals surface area contributed by atoms with Gasteiger partial charge in [0.1, 0.15) is 66.1 Å². The third-order valence-corrected chi connectivity index (χ3v) is 14.7. The van der Waals surface area contributed by atoms with Crippen molar-refractivity contribution in [3.8, 4) is 11.5 Å². The van der Waals surface area contributed by atoms with Crippen LogP contribution in [-0.2, 0) is 23.7 Å². The first-order valence-corrected chi connectivity index (χ1v) is 19.9. The lowest BCUT2D eigenvalue weighted by molar-refractivity contribution is -0.363. The maximum absolute atomic E-state index is 13.5. The molecule has 3 saturated carbocycles. The molecule has 0 spiro atoms. The Bertz CT molecular complexity index is 1570. The number of allylic oxidation sites excluding steroid dienone is 1. The molecule has 0 amide bonds. The maximum Gasteiger partial charge on any atom is 0.187 e. The maximum atomic E-state index is 13.5. The largest absolute Gasteiger partial charge is 0.497 e. The molecule has 4 aliphatic carbocycles. The van der Waals surface area contributed by atoms with Gasteiger partial charge in [-0.1, -0.05) is 25.5 Å². The van der Waals surface area contributed by atoms with Gasteiger partial charge >= 0.3 is 0 Å². The molecule has 0 radical (unpaired) electrons. The molecule has 0 bridgehead atoms. The molecule has 2 heterocycles. The number of hydrogen-bond donors (Lipinski definition) is 7. The number of fused-ring (bicyclic) bond motifs is 5. The predicted octanol–water partition coefficient (Wildman–Crippen LogP) is 1.57. The number of aliphatic hydroxyl groups excluding tert-OH is 7. The molecule has 2 aliphatic heterocycles. The fourth-order valence-corrected chi connectivity index (χ4v) is 11.8. The van der Waals surface area contributed by atoms with Crippen molar-refractivity contribution in [1.82, 2.24) is 0 Å². The van der Waals surface area contributed by atoms with E-state index in [0.29, 0.717) is 30.6 Å². The van der Waals surface area contributed by atoms with Crippen LogP contribution in [0.2, 0.25) is 0 Å². The van der Waals surface area contributed by atoms with Crippen molar-refractivity contribution in [1.29, 1.82) is 0 Å². The smallest absolute Gasteiger partial charge is 0.187 e. The average Bonchev–Trinajstić information content (AvgIpc) is 3.50. The fourth-order valence-electron chi connectivity index (χ4n) is 11.8. The zero-order chi connectivity index (χ0) is 39.6. The standard InChI is InChI=1S/C41H60O14/c1-19(44)31-25(24-15-21(50-4)7-9-28(24)51-5)16-27-23-8-6-20-14-22(10-12-40(20,2)26(23)11-13-41(27,31)3)52-38-36(49)34(47)37(30(18-43)54-38)55-39-35(48)33(46)32(45)29(17-42)53-39/h6-7,9,15,22-23,25-27,29-39,42-43,45-49H,8,10-14,16-18H2,1-5H3/t22?,23-,25?,26?,27?,29+,30+,31?,32+,33-,34+,35+,36+,37+,38?,39-,40?,41?/m0/s1. The molecular weight excluding hydrogens is 716 g/mol. The number of carbonyl (C=O) groups is 1. The minimum atomic E-state index is -1.74. The molecule has 18 atom stereocenters. The second-order valence-corrected chi connectivity index (χ2v) is 17.3. The van der Waals surface area contributed by atoms with Crippen molar-refractivity contribution in [2.24, 2.45) is 34.5 Å². The molecule has 1 aromatic carbocycles. The summed E-state index contributed by atoms with van der Waals surface area (Å²) in [5, 5.41) is 72.9. The molecular formula is C41H60O14. The number of aliphatic hydroxyl groups is 7. The number of Topliss-reactive ketones (excluding diaryl/α,β-unsaturated/α-hetero) is 1. The zero-order valence-corrected chi connectivity index (χ0v) is 32.4. The Kier molecular flexibility index (Phi) is 11.8. The van der Waals surface area contributed by atoms with Gasteiger partial charge in [-0.05, 0) is 105 Å². The van der Waals surface area contributed by atoms with E-state index in [1.54, 1.807) is 21.1 Å². The number of ether oxygens (including phenoxy) is 6. The highest BCUT2D eigenvalue weighted by atomic mass is 16.7. The highest BCUT2D eigenvalue weighted by molar-refractivity contribution is 5.81. The number of carbonyl (C=O) groups excluding carboxylic acids is 1. The highest BCUT2D eigenvalue weighted by Gasteiger charge is 2.63. The Hall–Kier alpha value is -2.21. The van der Waals surface area contributed by atoms with Crippen molar-refractivity contribution >= 4 is 5.78 Å². The Labute approximate surface area is 322 Å². The summed E-state index contributed by atoms with van der Waals surface area (Å²) in [5.74, 6) is 2.87. The number of benzene rings is 1. The molecule has 5 fully saturated rings. The fraction of sp³-hybridized carbons (Fsp3) is 0.780. The third kappa shape index (κ3) is 6.96. The Morgan fingerprint density at radius 2 is 1.53 bits per heavy atom. The van der Waals surface area contributed by atoms with E-state index in [0.717, 1.165) is 49.2 Å². The number of methoxy groups -OCH3 is 2. The summed E-state index contributed by atoms with van der Waals surface area (Å²) < 4.78 is 34.9. The van der Waals surface area contributed by atoms with Crippen LogP contribution in [-0.4, -0.2) is 136 Å². The Morgan fingerprint density at radius 3 is 2.20 bits per heavy atom. The molecule has 14 heteroatoms. The molecule has 55 heavy (non-hydrogen) atoms. The summed E-state index contributed by atoms with van der Waals surface area (Å²) in [6.45, 7) is 5.15. The summed E-state index contributed by atoms with van der Waals surface area (Å²) in [5.41, 5.74) is 2.15. The van der Waals surface area contributed by atoms with E-state index in [9.17, 15) is 40.5 Å². The summed E-state index contributed by atoms with van der Waals surface area (Å²) in [4.78, 5) is 13.5. The molecule has 2 saturated heterocycles. The molecule has 8 unspecified atom stereocenters. The minimum absolute atomic E-state index is 0.0286. The number of ketones is 1. The van der Waals surface area contributed by atoms with Gasteiger partial charge in [0, 0.05) is 11.5 Å². The van der Waals surface area contributed by atoms with Gasteiger partial charge in [-0.15, -0.1) is 0 Å². The van der Waals surface area contributed by atoms with Gasteiger partial charge in [-0.3, -0.25) is 4.79 Å². The molecule has 14 nitrogen and oxygen atoms in total. The monoisotopic (exact) mass is 776 g/mol. The predicted molar refractivity (Wildman–Crippen MR) is 195 cm³/mol. The van der Waals surface area contributed by atoms with Gasteiger partial charge in [0.2, 0.25) is 0 Å². The van der Waals surface area contributed by atoms with E-state index in [1.807, 2.05) is 18.2 Å². The highest BCUT2D eigenvalue weighted by Crippen LogP contribution is 2.69. The second-order valence-electron chi connectivity index (χ2n) is 17.3. The molecule has 7 N–H and O–H groups in total. The number of rotatable bonds is 10. The van der Waals surface area contributed by atoms with E-state index in [-0.39, 0.29) is 34.6 Å². The SMILES string of the molecule is COc1ccc(OC)c(C2CC3[C@H]4CC=C5CC(OC6O[C@H](CO)[C@@H](O[C@@H]7O[C@H](CO)[C@@H](O)[C@H](O)[C@H]7O)[C@H](O)[C@H]6O)CCC5(C)C4CCC3(C)C2C(C)=O)c1. The van der Waals surface area contributed by atoms with Crippen LogP contribution in [0.4, 0.5) is 0 Å². The average molecular weight is 777 g/mol. The second kappa shape index (κ2) is 15.9. The van der Waals surface area contributed by atoms with E-state index >= 15 is 0 Å². The van der Waals surface area contributed by atoms with Gasteiger partial charge < -0.3 is 64.2 Å².